The summed E-state index contributed by atoms with van der Waals surface area (Å²) in [5.74, 6) is 0. The van der Waals surface area contributed by atoms with Crippen molar-refractivity contribution >= 4 is 13.7 Å². The van der Waals surface area contributed by atoms with Crippen LogP contribution >= 0.6 is 8.03 Å². The van der Waals surface area contributed by atoms with Crippen molar-refractivity contribution in [2.45, 2.75) is 13.8 Å². The summed E-state index contributed by atoms with van der Waals surface area (Å²) in [6.07, 6.45) is 0.0185. The molecule has 0 saturated carbocycles. The summed E-state index contributed by atoms with van der Waals surface area (Å²) in [5.41, 5.74) is 0.501. The van der Waals surface area contributed by atoms with Gasteiger partial charge in [0.15, 0.2) is 0 Å². The second kappa shape index (κ2) is 8.75. The molecular formula is C5H11NNaO3P. The monoisotopic (exact) mass is 187 g/mol. The number of hydrogen-bond acceptors (Lipinski definition) is 4. The summed E-state index contributed by atoms with van der Waals surface area (Å²) in [4.78, 5) is 14.7. The largest absolute Gasteiger partial charge is 1.00 e. The summed E-state index contributed by atoms with van der Waals surface area (Å²) in [5, 5.41) is 3.52. The summed E-state index contributed by atoms with van der Waals surface area (Å²) >= 11 is 0. The van der Waals surface area contributed by atoms with Crippen molar-refractivity contribution in [2.24, 2.45) is 5.16 Å². The molecule has 0 aliphatic rings. The van der Waals surface area contributed by atoms with E-state index in [4.69, 9.17) is 0 Å². The van der Waals surface area contributed by atoms with E-state index < -0.39 is 8.03 Å². The summed E-state index contributed by atoms with van der Waals surface area (Å²) in [6, 6.07) is 0. The number of nitrogens with zero attached hydrogens (tertiary/aromatic N) is 1. The third-order valence-electron chi connectivity index (χ3n) is 0.750. The standard InChI is InChI=1S/C5H12NO3P.Na/c1-3-9-6-5(2)4-10(7)8;/h10H,3-4H2,1-2H3,(H,7,8);/q;+1/p-1/b6-5-;. The Balaban J connectivity index is 0. The molecule has 0 heterocycles. The molecule has 0 aliphatic carbocycles. The van der Waals surface area contributed by atoms with E-state index in [1.807, 2.05) is 0 Å². The zero-order valence-electron chi connectivity index (χ0n) is 7.09. The van der Waals surface area contributed by atoms with Gasteiger partial charge in [0.05, 0.1) is 5.71 Å². The van der Waals surface area contributed by atoms with Crippen molar-refractivity contribution < 1.29 is 43.9 Å². The van der Waals surface area contributed by atoms with Crippen LogP contribution in [-0.4, -0.2) is 18.5 Å². The number of oxime groups is 1. The van der Waals surface area contributed by atoms with Crippen LogP contribution < -0.4 is 34.5 Å². The fourth-order valence-electron chi connectivity index (χ4n) is 0.416. The molecule has 0 aromatic rings. The molecule has 0 N–H and O–H groups in total. The Morgan fingerprint density at radius 1 is 1.73 bits per heavy atom. The number of rotatable bonds is 4. The SMILES string of the molecule is CCO/N=C(/C)C[PH](=O)[O-].[Na+]. The third-order valence-corrected chi connectivity index (χ3v) is 1.55. The Morgan fingerprint density at radius 2 is 2.27 bits per heavy atom. The van der Waals surface area contributed by atoms with Crippen molar-refractivity contribution in [1.29, 1.82) is 0 Å². The molecule has 0 aliphatic heterocycles. The van der Waals surface area contributed by atoms with Gasteiger partial charge in [-0.25, -0.2) is 0 Å². The zero-order valence-corrected chi connectivity index (χ0v) is 10.1. The van der Waals surface area contributed by atoms with Crippen LogP contribution in [0.2, 0.25) is 0 Å². The average molecular weight is 187 g/mol. The van der Waals surface area contributed by atoms with Gasteiger partial charge < -0.3 is 14.3 Å². The maximum absolute atomic E-state index is 10.1. The molecule has 0 spiro atoms. The van der Waals surface area contributed by atoms with E-state index in [-0.39, 0.29) is 35.7 Å². The van der Waals surface area contributed by atoms with Crippen molar-refractivity contribution in [3.63, 3.8) is 0 Å². The van der Waals surface area contributed by atoms with E-state index in [9.17, 15) is 9.46 Å². The zero-order chi connectivity index (χ0) is 7.98. The number of hydrogen-bond donors (Lipinski definition) is 0. The first-order valence-electron chi connectivity index (χ1n) is 3.02. The topological polar surface area (TPSA) is 61.7 Å². The quantitative estimate of drug-likeness (QED) is 0.207. The second-order valence-corrected chi connectivity index (χ2v) is 2.89. The van der Waals surface area contributed by atoms with E-state index in [2.05, 4.69) is 9.99 Å². The van der Waals surface area contributed by atoms with Gasteiger partial charge in [-0.1, -0.05) is 5.16 Å². The molecule has 0 rings (SSSR count). The van der Waals surface area contributed by atoms with Crippen LogP contribution in [0.4, 0.5) is 0 Å². The Hall–Kier alpha value is 0.660. The second-order valence-electron chi connectivity index (χ2n) is 1.79. The Bertz CT molecular complexity index is 151. The molecule has 0 fully saturated rings. The van der Waals surface area contributed by atoms with Crippen LogP contribution in [0.3, 0.4) is 0 Å². The van der Waals surface area contributed by atoms with Gasteiger partial charge in [0.25, 0.3) is 0 Å². The van der Waals surface area contributed by atoms with E-state index in [0.717, 1.165) is 0 Å². The van der Waals surface area contributed by atoms with Crippen LogP contribution in [0, 0.1) is 0 Å². The average Bonchev–Trinajstić information content (AvgIpc) is 1.82. The molecule has 1 unspecified atom stereocenters. The Morgan fingerprint density at radius 3 is 2.64 bits per heavy atom. The van der Waals surface area contributed by atoms with E-state index >= 15 is 0 Å². The van der Waals surface area contributed by atoms with Crippen LogP contribution in [0.15, 0.2) is 5.16 Å². The summed E-state index contributed by atoms with van der Waals surface area (Å²) < 4.78 is 10.1. The normalized spacial score (nSPS) is 13.5. The van der Waals surface area contributed by atoms with E-state index in [1.54, 1.807) is 13.8 Å². The molecule has 11 heavy (non-hydrogen) atoms. The fourth-order valence-corrected chi connectivity index (χ4v) is 0.898. The van der Waals surface area contributed by atoms with E-state index in [1.165, 1.54) is 0 Å². The van der Waals surface area contributed by atoms with Crippen molar-refractivity contribution in [1.82, 2.24) is 0 Å². The first-order valence-corrected chi connectivity index (χ1v) is 4.54. The molecular weight excluding hydrogens is 176 g/mol. The summed E-state index contributed by atoms with van der Waals surface area (Å²) in [6.45, 7) is 3.88. The minimum Gasteiger partial charge on any atom is -0.801 e. The molecule has 0 saturated heterocycles. The molecule has 4 nitrogen and oxygen atoms in total. The molecule has 60 valence electrons. The minimum absolute atomic E-state index is 0. The van der Waals surface area contributed by atoms with Crippen LogP contribution in [0.5, 0.6) is 0 Å². The maximum Gasteiger partial charge on any atom is 1.00 e. The molecule has 0 radical (unpaired) electrons. The van der Waals surface area contributed by atoms with Gasteiger partial charge in [-0.05, 0) is 13.8 Å². The molecule has 0 aromatic carbocycles. The fraction of sp³-hybridized carbons (Fsp3) is 0.800. The third kappa shape index (κ3) is 10.7. The first kappa shape index (κ1) is 14.2. The smallest absolute Gasteiger partial charge is 0.801 e. The maximum atomic E-state index is 10.1. The predicted molar refractivity (Wildman–Crippen MR) is 38.6 cm³/mol. The van der Waals surface area contributed by atoms with Crippen LogP contribution in [0.1, 0.15) is 13.8 Å². The van der Waals surface area contributed by atoms with Crippen LogP contribution in [0.25, 0.3) is 0 Å². The molecule has 0 amide bonds. The van der Waals surface area contributed by atoms with Gasteiger partial charge in [0.2, 0.25) is 0 Å². The van der Waals surface area contributed by atoms with Gasteiger partial charge in [-0.2, -0.15) is 0 Å². The molecule has 0 aromatic heterocycles. The van der Waals surface area contributed by atoms with Crippen molar-refractivity contribution in [2.75, 3.05) is 12.8 Å². The van der Waals surface area contributed by atoms with Gasteiger partial charge in [0.1, 0.15) is 6.61 Å². The van der Waals surface area contributed by atoms with E-state index in [0.29, 0.717) is 12.3 Å². The predicted octanol–water partition coefficient (Wildman–Crippen LogP) is -2.76. The van der Waals surface area contributed by atoms with Gasteiger partial charge >= 0.3 is 29.6 Å². The first-order chi connectivity index (χ1) is 4.66. The molecule has 6 heteroatoms. The minimum atomic E-state index is -2.67. The molecule has 0 bridgehead atoms. The van der Waals surface area contributed by atoms with Gasteiger partial charge in [-0.3, -0.25) is 0 Å². The van der Waals surface area contributed by atoms with Crippen LogP contribution in [-0.2, 0) is 9.40 Å². The Kier molecular flexibility index (Phi) is 11.3. The van der Waals surface area contributed by atoms with Crippen molar-refractivity contribution in [3.05, 3.63) is 0 Å². The van der Waals surface area contributed by atoms with Crippen molar-refractivity contribution in [3.8, 4) is 0 Å². The molecule has 1 atom stereocenters. The Labute approximate surface area is 89.2 Å². The summed E-state index contributed by atoms with van der Waals surface area (Å²) in [7, 11) is -2.67. The van der Waals surface area contributed by atoms with Gasteiger partial charge in [0, 0.05) is 14.2 Å². The van der Waals surface area contributed by atoms with Gasteiger partial charge in [-0.15, -0.1) is 0 Å².